The molecule has 1 heterocycles. The molecular formula is C17H21N5O3S. The van der Waals surface area contributed by atoms with Crippen LogP contribution in [0.1, 0.15) is 26.0 Å². The molecule has 8 nitrogen and oxygen atoms in total. The van der Waals surface area contributed by atoms with E-state index in [1.165, 1.54) is 11.3 Å². The van der Waals surface area contributed by atoms with Gasteiger partial charge < -0.3 is 15.8 Å². The number of nitrogens with zero attached hydrogens (tertiary/aromatic N) is 2. The van der Waals surface area contributed by atoms with E-state index in [1.807, 2.05) is 6.92 Å². The Morgan fingerprint density at radius 1 is 1.27 bits per heavy atom. The number of ether oxygens (including phenoxy) is 1. The third kappa shape index (κ3) is 6.52. The fourth-order valence-electron chi connectivity index (χ4n) is 2.04. The summed E-state index contributed by atoms with van der Waals surface area (Å²) >= 11 is 1.27. The van der Waals surface area contributed by atoms with E-state index in [9.17, 15) is 9.59 Å². The van der Waals surface area contributed by atoms with Crippen molar-refractivity contribution in [2.75, 3.05) is 17.7 Å². The molecule has 2 aromatic rings. The van der Waals surface area contributed by atoms with Crippen LogP contribution in [0.5, 0.6) is 5.75 Å². The summed E-state index contributed by atoms with van der Waals surface area (Å²) in [5.74, 6) is 0.200. The topological polar surface area (TPSA) is 119 Å². The summed E-state index contributed by atoms with van der Waals surface area (Å²) in [5, 5.41) is 8.82. The van der Waals surface area contributed by atoms with E-state index in [0.29, 0.717) is 28.8 Å². The number of carbonyl (C=O) groups is 2. The van der Waals surface area contributed by atoms with Crippen molar-refractivity contribution in [3.05, 3.63) is 35.3 Å². The highest BCUT2D eigenvalue weighted by atomic mass is 32.1. The molecular weight excluding hydrogens is 354 g/mol. The number of carbonyl (C=O) groups excluding carboxylic acids is 2. The van der Waals surface area contributed by atoms with Gasteiger partial charge >= 0.3 is 0 Å². The third-order valence-electron chi connectivity index (χ3n) is 3.15. The van der Waals surface area contributed by atoms with E-state index < -0.39 is 0 Å². The molecule has 0 radical (unpaired) electrons. The summed E-state index contributed by atoms with van der Waals surface area (Å²) in [4.78, 5) is 27.8. The van der Waals surface area contributed by atoms with Gasteiger partial charge in [-0.2, -0.15) is 5.10 Å². The van der Waals surface area contributed by atoms with E-state index in [-0.39, 0.29) is 24.7 Å². The van der Waals surface area contributed by atoms with Gasteiger partial charge in [-0.25, -0.2) is 10.4 Å². The lowest BCUT2D eigenvalue weighted by atomic mass is 10.2. The lowest BCUT2D eigenvalue weighted by molar-refractivity contribution is -0.120. The Kier molecular flexibility index (Phi) is 7.10. The molecule has 9 heteroatoms. The van der Waals surface area contributed by atoms with Crippen molar-refractivity contribution < 1.29 is 14.3 Å². The van der Waals surface area contributed by atoms with Crippen molar-refractivity contribution in [1.82, 2.24) is 10.4 Å². The van der Waals surface area contributed by atoms with E-state index >= 15 is 0 Å². The first-order valence-electron chi connectivity index (χ1n) is 8.01. The van der Waals surface area contributed by atoms with Gasteiger partial charge in [-0.15, -0.1) is 11.3 Å². The predicted molar refractivity (Wildman–Crippen MR) is 102 cm³/mol. The number of hydrogen-bond acceptors (Lipinski definition) is 7. The third-order valence-corrected chi connectivity index (χ3v) is 3.87. The Morgan fingerprint density at radius 2 is 2.00 bits per heavy atom. The van der Waals surface area contributed by atoms with E-state index in [0.717, 1.165) is 5.75 Å². The first-order valence-corrected chi connectivity index (χ1v) is 8.88. The molecule has 0 fully saturated rings. The van der Waals surface area contributed by atoms with E-state index in [2.05, 4.69) is 20.8 Å². The van der Waals surface area contributed by atoms with Gasteiger partial charge in [-0.1, -0.05) is 0 Å². The SMILES string of the molecule is CCOc1ccc(NC(=O)CC(C)=NNC(=O)Cc2csc(N)n2)cc1. The molecule has 0 saturated carbocycles. The molecule has 0 spiro atoms. The van der Waals surface area contributed by atoms with Crippen LogP contribution >= 0.6 is 11.3 Å². The zero-order valence-corrected chi connectivity index (χ0v) is 15.4. The molecule has 0 unspecified atom stereocenters. The monoisotopic (exact) mass is 375 g/mol. The van der Waals surface area contributed by atoms with Crippen molar-refractivity contribution in [2.45, 2.75) is 26.7 Å². The van der Waals surface area contributed by atoms with Crippen LogP contribution in [0.3, 0.4) is 0 Å². The van der Waals surface area contributed by atoms with Crippen molar-refractivity contribution >= 4 is 39.7 Å². The molecule has 1 aromatic heterocycles. The maximum absolute atomic E-state index is 12.0. The van der Waals surface area contributed by atoms with Gasteiger partial charge in [-0.3, -0.25) is 9.59 Å². The average molecular weight is 375 g/mol. The fourth-order valence-corrected chi connectivity index (χ4v) is 2.61. The molecule has 0 bridgehead atoms. The van der Waals surface area contributed by atoms with E-state index in [1.54, 1.807) is 36.6 Å². The van der Waals surface area contributed by atoms with Crippen LogP contribution in [-0.2, 0) is 16.0 Å². The summed E-state index contributed by atoms with van der Waals surface area (Å²) in [6.07, 6.45) is 0.153. The summed E-state index contributed by atoms with van der Waals surface area (Å²) < 4.78 is 5.35. The van der Waals surface area contributed by atoms with Crippen LogP contribution in [0.15, 0.2) is 34.7 Å². The number of nitrogen functional groups attached to an aromatic ring is 1. The molecule has 4 N–H and O–H groups in total. The highest BCUT2D eigenvalue weighted by Gasteiger charge is 2.08. The number of anilines is 2. The number of hydrogen-bond donors (Lipinski definition) is 3. The van der Waals surface area contributed by atoms with Crippen molar-refractivity contribution in [2.24, 2.45) is 5.10 Å². The lowest BCUT2D eigenvalue weighted by Gasteiger charge is -2.07. The Balaban J connectivity index is 1.78. The number of rotatable bonds is 8. The van der Waals surface area contributed by atoms with Gasteiger partial charge in [0.15, 0.2) is 5.13 Å². The smallest absolute Gasteiger partial charge is 0.246 e. The number of amides is 2. The Bertz CT molecular complexity index is 786. The molecule has 2 amide bonds. The second-order valence-corrected chi connectivity index (χ2v) is 6.31. The van der Waals surface area contributed by atoms with Crippen LogP contribution in [0.2, 0.25) is 0 Å². The van der Waals surface area contributed by atoms with Crippen LogP contribution in [-0.4, -0.2) is 29.1 Å². The molecule has 1 aromatic carbocycles. The number of thiazole rings is 1. The van der Waals surface area contributed by atoms with Crippen LogP contribution in [0, 0.1) is 0 Å². The highest BCUT2D eigenvalue weighted by Crippen LogP contribution is 2.15. The van der Waals surface area contributed by atoms with Gasteiger partial charge in [0.1, 0.15) is 5.75 Å². The number of aromatic nitrogens is 1. The Hall–Kier alpha value is -2.94. The first-order chi connectivity index (χ1) is 12.5. The first kappa shape index (κ1) is 19.4. The Morgan fingerprint density at radius 3 is 2.62 bits per heavy atom. The molecule has 0 saturated heterocycles. The number of nitrogens with one attached hydrogen (secondary N) is 2. The molecule has 0 aliphatic carbocycles. The maximum Gasteiger partial charge on any atom is 0.246 e. The lowest BCUT2D eigenvalue weighted by Crippen LogP contribution is -2.23. The molecule has 0 aliphatic rings. The van der Waals surface area contributed by atoms with Gasteiger partial charge in [-0.05, 0) is 38.1 Å². The zero-order valence-electron chi connectivity index (χ0n) is 14.6. The quantitative estimate of drug-likeness (QED) is 0.483. The molecule has 2 rings (SSSR count). The number of benzene rings is 1. The molecule has 138 valence electrons. The molecule has 0 atom stereocenters. The van der Waals surface area contributed by atoms with Crippen molar-refractivity contribution in [3.63, 3.8) is 0 Å². The minimum absolute atomic E-state index is 0.0666. The number of nitrogens with two attached hydrogens (primary N) is 1. The predicted octanol–water partition coefficient (Wildman–Crippen LogP) is 2.19. The summed E-state index contributed by atoms with van der Waals surface area (Å²) in [6, 6.07) is 7.09. The van der Waals surface area contributed by atoms with Crippen LogP contribution < -0.4 is 21.2 Å². The van der Waals surface area contributed by atoms with E-state index in [4.69, 9.17) is 10.5 Å². The second kappa shape index (κ2) is 9.52. The van der Waals surface area contributed by atoms with Crippen LogP contribution in [0.25, 0.3) is 0 Å². The summed E-state index contributed by atoms with van der Waals surface area (Å²) in [5.41, 5.74) is 9.66. The molecule has 0 aliphatic heterocycles. The van der Waals surface area contributed by atoms with Gasteiger partial charge in [0, 0.05) is 16.8 Å². The van der Waals surface area contributed by atoms with Crippen LogP contribution in [0.4, 0.5) is 10.8 Å². The van der Waals surface area contributed by atoms with Gasteiger partial charge in [0.05, 0.1) is 25.1 Å². The van der Waals surface area contributed by atoms with Crippen molar-refractivity contribution in [3.8, 4) is 5.75 Å². The van der Waals surface area contributed by atoms with Gasteiger partial charge in [0.2, 0.25) is 11.8 Å². The van der Waals surface area contributed by atoms with Crippen molar-refractivity contribution in [1.29, 1.82) is 0 Å². The normalized spacial score (nSPS) is 11.1. The summed E-state index contributed by atoms with van der Waals surface area (Å²) in [7, 11) is 0. The Labute approximate surface area is 155 Å². The number of hydrazone groups is 1. The maximum atomic E-state index is 12.0. The largest absolute Gasteiger partial charge is 0.494 e. The standard InChI is InChI=1S/C17H21N5O3S/c1-3-25-14-6-4-12(5-7-14)19-15(23)8-11(2)21-22-16(24)9-13-10-26-17(18)20-13/h4-7,10H,3,8-9H2,1-2H3,(H2,18,20)(H,19,23)(H,22,24). The summed E-state index contributed by atoms with van der Waals surface area (Å²) in [6.45, 7) is 4.16. The minimum atomic E-state index is -0.318. The minimum Gasteiger partial charge on any atom is -0.494 e. The fraction of sp³-hybridized carbons (Fsp3) is 0.294. The second-order valence-electron chi connectivity index (χ2n) is 5.42. The molecule has 26 heavy (non-hydrogen) atoms. The zero-order chi connectivity index (χ0) is 18.9. The van der Waals surface area contributed by atoms with Gasteiger partial charge in [0.25, 0.3) is 0 Å². The highest BCUT2D eigenvalue weighted by molar-refractivity contribution is 7.13. The average Bonchev–Trinajstić information content (AvgIpc) is 3.00.